The summed E-state index contributed by atoms with van der Waals surface area (Å²) in [6, 6.07) is 9.35. The van der Waals surface area contributed by atoms with Crippen LogP contribution in [-0.4, -0.2) is 31.0 Å². The quantitative estimate of drug-likeness (QED) is 0.357. The molecule has 1 aliphatic carbocycles. The lowest BCUT2D eigenvalue weighted by molar-refractivity contribution is -0.138. The third-order valence-corrected chi connectivity index (χ3v) is 4.36. The molecular weight excluding hydrogens is 323 g/mol. The van der Waals surface area contributed by atoms with E-state index >= 15 is 0 Å². The fourth-order valence-electron chi connectivity index (χ4n) is 1.88. The van der Waals surface area contributed by atoms with Crippen molar-refractivity contribution in [2.24, 2.45) is 5.92 Å². The van der Waals surface area contributed by atoms with Gasteiger partial charge in [-0.05, 0) is 30.2 Å². The van der Waals surface area contributed by atoms with Gasteiger partial charge in [-0.2, -0.15) is 5.26 Å². The number of esters is 1. The average Bonchev–Trinajstić information content (AvgIpc) is 3.10. The molecule has 1 aliphatic rings. The lowest BCUT2D eigenvalue weighted by atomic mass is 10.1. The molecule has 116 valence electrons. The predicted molar refractivity (Wildman–Crippen MR) is 87.9 cm³/mol. The zero-order valence-electron chi connectivity index (χ0n) is 12.3. The first-order valence-electron chi connectivity index (χ1n) is 6.77. The second-order valence-corrected chi connectivity index (χ2v) is 6.96. The minimum absolute atomic E-state index is 0.0482. The molecule has 1 saturated carbocycles. The molecule has 0 aliphatic heterocycles. The highest BCUT2D eigenvalue weighted by molar-refractivity contribution is 6.50. The maximum absolute atomic E-state index is 11.9. The van der Waals surface area contributed by atoms with E-state index in [1.54, 1.807) is 0 Å². The minimum Gasteiger partial charge on any atom is -0.461 e. The Bertz CT molecular complexity index is 631. The molecule has 1 aromatic carbocycles. The van der Waals surface area contributed by atoms with Gasteiger partial charge in [-0.1, -0.05) is 12.1 Å². The lowest BCUT2D eigenvalue weighted by Crippen LogP contribution is -2.11. The number of nitriles is 1. The monoisotopic (exact) mass is 338 g/mol. The summed E-state index contributed by atoms with van der Waals surface area (Å²) >= 11 is 11.7. The van der Waals surface area contributed by atoms with Crippen LogP contribution in [-0.2, 0) is 9.53 Å². The molecule has 22 heavy (non-hydrogen) atoms. The molecule has 2 rings (SSSR count). The molecule has 0 amide bonds. The summed E-state index contributed by atoms with van der Waals surface area (Å²) in [6.07, 6.45) is 2.10. The van der Waals surface area contributed by atoms with Crippen LogP contribution in [0.15, 0.2) is 29.8 Å². The number of halogens is 2. The number of benzene rings is 1. The van der Waals surface area contributed by atoms with E-state index in [4.69, 9.17) is 33.2 Å². The van der Waals surface area contributed by atoms with E-state index in [1.165, 1.54) is 6.08 Å². The smallest absolute Gasteiger partial charge is 0.348 e. The van der Waals surface area contributed by atoms with Gasteiger partial charge in [0.05, 0.1) is 6.61 Å². The second kappa shape index (κ2) is 6.60. The summed E-state index contributed by atoms with van der Waals surface area (Å²) in [5.74, 6) is -0.714. The molecule has 1 fully saturated rings. The first-order chi connectivity index (χ1) is 10.3. The molecule has 0 radical (unpaired) electrons. The minimum atomic E-state index is -0.793. The lowest BCUT2D eigenvalue weighted by Gasteiger charge is -2.11. The van der Waals surface area contributed by atoms with Crippen molar-refractivity contribution in [2.75, 3.05) is 25.6 Å². The van der Waals surface area contributed by atoms with Gasteiger partial charge in [-0.3, -0.25) is 0 Å². The Labute approximate surface area is 139 Å². The maximum Gasteiger partial charge on any atom is 0.348 e. The van der Waals surface area contributed by atoms with Gasteiger partial charge in [0.2, 0.25) is 0 Å². The molecule has 4 nitrogen and oxygen atoms in total. The summed E-state index contributed by atoms with van der Waals surface area (Å²) in [5, 5.41) is 9.10. The van der Waals surface area contributed by atoms with Crippen LogP contribution in [0.5, 0.6) is 0 Å². The van der Waals surface area contributed by atoms with E-state index < -0.39 is 10.3 Å². The van der Waals surface area contributed by atoms with E-state index in [-0.39, 0.29) is 18.1 Å². The Morgan fingerprint density at radius 2 is 2.05 bits per heavy atom. The average molecular weight is 339 g/mol. The van der Waals surface area contributed by atoms with Crippen LogP contribution in [0.3, 0.4) is 0 Å². The zero-order valence-corrected chi connectivity index (χ0v) is 13.9. The number of carbonyl (C=O) groups excluding carboxylic acids is 1. The van der Waals surface area contributed by atoms with E-state index in [9.17, 15) is 4.79 Å². The molecule has 0 bridgehead atoms. The topological polar surface area (TPSA) is 53.3 Å². The number of hydrogen-bond acceptors (Lipinski definition) is 4. The molecule has 0 aromatic heterocycles. The van der Waals surface area contributed by atoms with Crippen LogP contribution >= 0.6 is 23.2 Å². The predicted octanol–water partition coefficient (Wildman–Crippen LogP) is 3.40. The van der Waals surface area contributed by atoms with E-state index in [1.807, 2.05) is 49.3 Å². The molecule has 1 aromatic rings. The fourth-order valence-corrected chi connectivity index (χ4v) is 2.38. The van der Waals surface area contributed by atoms with Gasteiger partial charge in [-0.15, -0.1) is 23.2 Å². The first kappa shape index (κ1) is 16.7. The van der Waals surface area contributed by atoms with Crippen molar-refractivity contribution in [3.8, 4) is 6.07 Å². The highest BCUT2D eigenvalue weighted by Gasteiger charge is 2.52. The van der Waals surface area contributed by atoms with Gasteiger partial charge in [0, 0.05) is 25.7 Å². The van der Waals surface area contributed by atoms with Crippen LogP contribution in [0.2, 0.25) is 0 Å². The maximum atomic E-state index is 11.9. The standard InChI is InChI=1S/C16H16Cl2N2O2/c1-20(2)14-5-3-11(4-6-14)7-12(9-19)15(21)22-10-13-8-16(13,17)18/h3-7,13H,8,10H2,1-2H3/b12-7+/t13-/m0/s1. The van der Waals surface area contributed by atoms with Crippen molar-refractivity contribution in [2.45, 2.75) is 10.8 Å². The Balaban J connectivity index is 2.00. The van der Waals surface area contributed by atoms with E-state index in [2.05, 4.69) is 0 Å². The highest BCUT2D eigenvalue weighted by Crippen LogP contribution is 2.53. The Hall–Kier alpha value is -1.70. The summed E-state index contributed by atoms with van der Waals surface area (Å²) in [6.45, 7) is 0.129. The third kappa shape index (κ3) is 4.16. The summed E-state index contributed by atoms with van der Waals surface area (Å²) in [5.41, 5.74) is 1.75. The molecular formula is C16H16Cl2N2O2. The van der Waals surface area contributed by atoms with Crippen LogP contribution < -0.4 is 4.90 Å². The van der Waals surface area contributed by atoms with Crippen LogP contribution in [0.4, 0.5) is 5.69 Å². The van der Waals surface area contributed by atoms with Gasteiger partial charge in [0.25, 0.3) is 0 Å². The SMILES string of the molecule is CN(C)c1ccc(/C=C(\C#N)C(=O)OC[C@@H]2CC2(Cl)Cl)cc1. The van der Waals surface area contributed by atoms with Gasteiger partial charge in [0.15, 0.2) is 0 Å². The molecule has 6 heteroatoms. The molecule has 0 spiro atoms. The van der Waals surface area contributed by atoms with Crippen LogP contribution in [0.1, 0.15) is 12.0 Å². The van der Waals surface area contributed by atoms with E-state index in [0.717, 1.165) is 11.3 Å². The van der Waals surface area contributed by atoms with Gasteiger partial charge in [-0.25, -0.2) is 4.79 Å². The number of nitrogens with zero attached hydrogens (tertiary/aromatic N) is 2. The Kier molecular flexibility index (Phi) is 5.00. The number of anilines is 1. The number of hydrogen-bond donors (Lipinski definition) is 0. The Morgan fingerprint density at radius 3 is 2.50 bits per heavy atom. The zero-order chi connectivity index (χ0) is 16.3. The molecule has 1 atom stereocenters. The van der Waals surface area contributed by atoms with Crippen molar-refractivity contribution in [3.05, 3.63) is 35.4 Å². The number of rotatable bonds is 5. The number of ether oxygens (including phenoxy) is 1. The van der Waals surface area contributed by atoms with Crippen LogP contribution in [0, 0.1) is 17.2 Å². The number of alkyl halides is 2. The normalized spacial score (nSPS) is 19.2. The van der Waals surface area contributed by atoms with Gasteiger partial charge < -0.3 is 9.64 Å². The third-order valence-electron chi connectivity index (χ3n) is 3.43. The second-order valence-electron chi connectivity index (χ2n) is 5.42. The van der Waals surface area contributed by atoms with E-state index in [0.29, 0.717) is 6.42 Å². The van der Waals surface area contributed by atoms with Gasteiger partial charge in [0.1, 0.15) is 16.0 Å². The highest BCUT2D eigenvalue weighted by atomic mass is 35.5. The summed E-state index contributed by atoms with van der Waals surface area (Å²) < 4.78 is 4.29. The largest absolute Gasteiger partial charge is 0.461 e. The molecule has 0 unspecified atom stereocenters. The summed E-state index contributed by atoms with van der Waals surface area (Å²) in [7, 11) is 3.88. The molecule has 0 saturated heterocycles. The van der Waals surface area contributed by atoms with Crippen molar-refractivity contribution in [3.63, 3.8) is 0 Å². The molecule has 0 N–H and O–H groups in total. The van der Waals surface area contributed by atoms with Crippen LogP contribution in [0.25, 0.3) is 6.08 Å². The Morgan fingerprint density at radius 1 is 1.45 bits per heavy atom. The summed E-state index contributed by atoms with van der Waals surface area (Å²) in [4.78, 5) is 13.9. The van der Waals surface area contributed by atoms with Crippen molar-refractivity contribution in [1.29, 1.82) is 5.26 Å². The van der Waals surface area contributed by atoms with Crippen molar-refractivity contribution in [1.82, 2.24) is 0 Å². The number of carbonyl (C=O) groups is 1. The van der Waals surface area contributed by atoms with Gasteiger partial charge >= 0.3 is 5.97 Å². The first-order valence-corrected chi connectivity index (χ1v) is 7.53. The fraction of sp³-hybridized carbons (Fsp3) is 0.375. The molecule has 0 heterocycles. The van der Waals surface area contributed by atoms with Crippen molar-refractivity contribution < 1.29 is 9.53 Å². The van der Waals surface area contributed by atoms with Crippen molar-refractivity contribution >= 4 is 40.9 Å².